The number of ether oxygens (including phenoxy) is 1. The van der Waals surface area contributed by atoms with Gasteiger partial charge in [0.05, 0.1) is 18.0 Å². The fourth-order valence-corrected chi connectivity index (χ4v) is 4.71. The minimum Gasteiger partial charge on any atom is -0.454 e. The van der Waals surface area contributed by atoms with Gasteiger partial charge in [-0.3, -0.25) is 9.73 Å². The van der Waals surface area contributed by atoms with Crippen molar-refractivity contribution >= 4 is 21.6 Å². The molecule has 1 saturated heterocycles. The zero-order chi connectivity index (χ0) is 19.4. The van der Waals surface area contributed by atoms with Crippen LogP contribution in [0.15, 0.2) is 59.7 Å². The Morgan fingerprint density at radius 1 is 1.07 bits per heavy atom. The number of sulfonamides is 1. The molecule has 1 fully saturated rings. The van der Waals surface area contributed by atoms with Crippen LogP contribution in [-0.2, 0) is 21.3 Å². The molecule has 0 aromatic heterocycles. The monoisotopic (exact) mass is 400 g/mol. The van der Waals surface area contributed by atoms with Crippen LogP contribution < -0.4 is 9.73 Å². The van der Waals surface area contributed by atoms with Crippen LogP contribution in [0.1, 0.15) is 17.5 Å². The first-order valence-corrected chi connectivity index (χ1v) is 11.0. The molecule has 2 aliphatic rings. The zero-order valence-electron chi connectivity index (χ0n) is 15.6. The highest BCUT2D eigenvalue weighted by Gasteiger charge is 2.25. The summed E-state index contributed by atoms with van der Waals surface area (Å²) in [5.74, 6) is 0.671. The highest BCUT2D eigenvalue weighted by molar-refractivity contribution is 7.92. The SMILES string of the molecule is O=S(=O)(CCN1CCC1)N(Cc1ccc(C2=NNCO2)cc1)c1ccccc1. The normalized spacial score (nSPS) is 16.6. The molecule has 28 heavy (non-hydrogen) atoms. The summed E-state index contributed by atoms with van der Waals surface area (Å²) in [6.45, 7) is 3.22. The first kappa shape index (κ1) is 18.8. The van der Waals surface area contributed by atoms with E-state index in [1.165, 1.54) is 4.31 Å². The summed E-state index contributed by atoms with van der Waals surface area (Å²) in [5.41, 5.74) is 5.22. The molecule has 0 amide bonds. The lowest BCUT2D eigenvalue weighted by atomic mass is 10.1. The number of nitrogens with zero attached hydrogens (tertiary/aromatic N) is 3. The first-order valence-electron chi connectivity index (χ1n) is 9.42. The Hall–Kier alpha value is -2.58. The average molecular weight is 401 g/mol. The van der Waals surface area contributed by atoms with Crippen LogP contribution in [0.4, 0.5) is 5.69 Å². The van der Waals surface area contributed by atoms with Crippen molar-refractivity contribution in [2.75, 3.05) is 36.4 Å². The van der Waals surface area contributed by atoms with E-state index in [1.807, 2.05) is 54.6 Å². The number of para-hydroxylation sites is 1. The van der Waals surface area contributed by atoms with Crippen LogP contribution in [0.5, 0.6) is 0 Å². The molecule has 2 aliphatic heterocycles. The predicted octanol–water partition coefficient (Wildman–Crippen LogP) is 1.97. The Morgan fingerprint density at radius 2 is 1.82 bits per heavy atom. The first-order chi connectivity index (χ1) is 13.6. The maximum Gasteiger partial charge on any atom is 0.239 e. The molecule has 2 aromatic rings. The second kappa shape index (κ2) is 8.20. The number of anilines is 1. The number of hydrogen-bond acceptors (Lipinski definition) is 6. The highest BCUT2D eigenvalue weighted by Crippen LogP contribution is 2.22. The summed E-state index contributed by atoms with van der Waals surface area (Å²) < 4.78 is 33.1. The summed E-state index contributed by atoms with van der Waals surface area (Å²) in [7, 11) is -3.44. The van der Waals surface area contributed by atoms with Crippen molar-refractivity contribution in [3.63, 3.8) is 0 Å². The van der Waals surface area contributed by atoms with Gasteiger partial charge in [-0.15, -0.1) is 5.10 Å². The van der Waals surface area contributed by atoms with Crippen molar-refractivity contribution in [3.05, 3.63) is 65.7 Å². The van der Waals surface area contributed by atoms with E-state index < -0.39 is 10.0 Å². The van der Waals surface area contributed by atoms with Gasteiger partial charge in [0.25, 0.3) is 0 Å². The van der Waals surface area contributed by atoms with Gasteiger partial charge in [-0.25, -0.2) is 8.42 Å². The molecule has 0 unspecified atom stereocenters. The second-order valence-electron chi connectivity index (χ2n) is 6.91. The molecule has 0 atom stereocenters. The van der Waals surface area contributed by atoms with Crippen molar-refractivity contribution < 1.29 is 13.2 Å². The van der Waals surface area contributed by atoms with Crippen molar-refractivity contribution in [2.24, 2.45) is 5.10 Å². The lowest BCUT2D eigenvalue weighted by Gasteiger charge is -2.32. The van der Waals surface area contributed by atoms with Crippen molar-refractivity contribution in [1.29, 1.82) is 0 Å². The fourth-order valence-electron chi connectivity index (χ4n) is 3.21. The second-order valence-corrected chi connectivity index (χ2v) is 8.93. The third-order valence-corrected chi connectivity index (χ3v) is 6.69. The largest absolute Gasteiger partial charge is 0.454 e. The van der Waals surface area contributed by atoms with Crippen LogP contribution in [0.25, 0.3) is 0 Å². The van der Waals surface area contributed by atoms with E-state index in [-0.39, 0.29) is 12.3 Å². The maximum atomic E-state index is 13.1. The van der Waals surface area contributed by atoms with Gasteiger partial charge in [-0.1, -0.05) is 30.3 Å². The molecule has 0 spiro atoms. The maximum absolute atomic E-state index is 13.1. The topological polar surface area (TPSA) is 74.2 Å². The summed E-state index contributed by atoms with van der Waals surface area (Å²) in [4.78, 5) is 2.17. The average Bonchev–Trinajstić information content (AvgIpc) is 3.20. The van der Waals surface area contributed by atoms with Crippen LogP contribution in [0.3, 0.4) is 0 Å². The lowest BCUT2D eigenvalue weighted by Crippen LogP contribution is -2.43. The van der Waals surface area contributed by atoms with Crippen molar-refractivity contribution in [2.45, 2.75) is 13.0 Å². The Morgan fingerprint density at radius 3 is 2.43 bits per heavy atom. The predicted molar refractivity (Wildman–Crippen MR) is 110 cm³/mol. The molecule has 7 nitrogen and oxygen atoms in total. The fraction of sp³-hybridized carbons (Fsp3) is 0.350. The Bertz CT molecular complexity index is 926. The van der Waals surface area contributed by atoms with Gasteiger partial charge in [0, 0.05) is 12.1 Å². The van der Waals surface area contributed by atoms with E-state index in [9.17, 15) is 8.42 Å². The van der Waals surface area contributed by atoms with Gasteiger partial charge in [0.15, 0.2) is 6.73 Å². The molecule has 148 valence electrons. The quantitative estimate of drug-likeness (QED) is 0.733. The van der Waals surface area contributed by atoms with Gasteiger partial charge >= 0.3 is 0 Å². The van der Waals surface area contributed by atoms with E-state index in [4.69, 9.17) is 4.74 Å². The van der Waals surface area contributed by atoms with Gasteiger partial charge in [-0.05, 0) is 49.3 Å². The highest BCUT2D eigenvalue weighted by atomic mass is 32.2. The molecule has 0 saturated carbocycles. The molecule has 0 aliphatic carbocycles. The molecule has 0 radical (unpaired) electrons. The molecule has 0 bridgehead atoms. The summed E-state index contributed by atoms with van der Waals surface area (Å²) in [5, 5.41) is 4.07. The molecule has 2 heterocycles. The Kier molecular flexibility index (Phi) is 5.50. The minimum atomic E-state index is -3.44. The molecular formula is C20H24N4O3S. The number of rotatable bonds is 8. The van der Waals surface area contributed by atoms with Crippen LogP contribution >= 0.6 is 0 Å². The number of likely N-dealkylation sites (tertiary alicyclic amines) is 1. The number of nitrogens with one attached hydrogen (secondary N) is 1. The van der Waals surface area contributed by atoms with Crippen molar-refractivity contribution in [1.82, 2.24) is 10.3 Å². The smallest absolute Gasteiger partial charge is 0.239 e. The molecule has 8 heteroatoms. The van der Waals surface area contributed by atoms with E-state index in [0.29, 0.717) is 24.9 Å². The number of hydrogen-bond donors (Lipinski definition) is 1. The third-order valence-electron chi connectivity index (χ3n) is 4.98. The minimum absolute atomic E-state index is 0.121. The van der Waals surface area contributed by atoms with Gasteiger partial charge in [-0.2, -0.15) is 0 Å². The summed E-state index contributed by atoms with van der Waals surface area (Å²) >= 11 is 0. The molecular weight excluding hydrogens is 376 g/mol. The van der Waals surface area contributed by atoms with Gasteiger partial charge in [0.1, 0.15) is 0 Å². The van der Waals surface area contributed by atoms with E-state index in [1.54, 1.807) is 0 Å². The van der Waals surface area contributed by atoms with Crippen LogP contribution in [-0.4, -0.2) is 51.3 Å². The van der Waals surface area contributed by atoms with Crippen LogP contribution in [0.2, 0.25) is 0 Å². The van der Waals surface area contributed by atoms with Crippen LogP contribution in [0, 0.1) is 0 Å². The van der Waals surface area contributed by atoms with E-state index in [2.05, 4.69) is 15.4 Å². The zero-order valence-corrected chi connectivity index (χ0v) is 16.4. The Labute approximate surface area is 165 Å². The van der Waals surface area contributed by atoms with Crippen molar-refractivity contribution in [3.8, 4) is 0 Å². The standard InChI is InChI=1S/C20H24N4O3S/c25-28(26,14-13-23-11-4-12-23)24(19-5-2-1-3-6-19)15-17-7-9-18(10-8-17)20-22-21-16-27-20/h1-3,5-10,21H,4,11-16H2. The lowest BCUT2D eigenvalue weighted by molar-refractivity contribution is 0.193. The Balaban J connectivity index is 1.53. The van der Waals surface area contributed by atoms with Gasteiger partial charge in [0.2, 0.25) is 15.9 Å². The molecule has 4 rings (SSSR count). The molecule has 2 aromatic carbocycles. The number of benzene rings is 2. The van der Waals surface area contributed by atoms with E-state index in [0.717, 1.165) is 30.6 Å². The summed E-state index contributed by atoms with van der Waals surface area (Å²) in [6, 6.07) is 16.9. The number of hydrazone groups is 1. The third kappa shape index (κ3) is 4.28. The summed E-state index contributed by atoms with van der Waals surface area (Å²) in [6.07, 6.45) is 1.15. The van der Waals surface area contributed by atoms with Gasteiger partial charge < -0.3 is 9.64 Å². The van der Waals surface area contributed by atoms with E-state index >= 15 is 0 Å². The molecule has 1 N–H and O–H groups in total.